The number of ether oxygens (including phenoxy) is 3. The first-order valence-electron chi connectivity index (χ1n) is 13.6. The van der Waals surface area contributed by atoms with E-state index in [2.05, 4.69) is 5.16 Å². The van der Waals surface area contributed by atoms with Crippen molar-refractivity contribution in [3.63, 3.8) is 0 Å². The van der Waals surface area contributed by atoms with Crippen molar-refractivity contribution < 1.29 is 23.8 Å². The van der Waals surface area contributed by atoms with Crippen LogP contribution in [0, 0.1) is 11.3 Å². The number of allylic oxidation sites excluding steroid dienone is 2. The van der Waals surface area contributed by atoms with Crippen LogP contribution in [0.5, 0.6) is 0 Å². The zero-order chi connectivity index (χ0) is 29.6. The van der Waals surface area contributed by atoms with E-state index in [0.717, 1.165) is 9.69 Å². The molecule has 0 radical (unpaired) electrons. The standard InChI is InChI=1S/C29H42N4O7/c1-19(2)40-30-20(3)23-17-32(28(36)33(26(23)34)31(7)27(35)29(4,5)6)18-25(39-21-13-15-38-16-14-21)22-11-9-10-12-24(22)37-8/h9-12,17-19,21-22,24H,13-16H2,1-8H3/b25-18-,30-20+. The summed E-state index contributed by atoms with van der Waals surface area (Å²) in [6.07, 6.45) is 11.3. The number of amides is 1. The molecule has 1 aliphatic heterocycles. The lowest BCUT2D eigenvalue weighted by atomic mass is 9.95. The molecule has 0 aromatic carbocycles. The van der Waals surface area contributed by atoms with Crippen LogP contribution in [0.3, 0.4) is 0 Å². The third kappa shape index (κ3) is 7.39. The Hall–Kier alpha value is -3.44. The van der Waals surface area contributed by atoms with E-state index in [9.17, 15) is 14.4 Å². The van der Waals surface area contributed by atoms with Crippen molar-refractivity contribution in [2.75, 3.05) is 32.4 Å². The molecular formula is C29H42N4O7. The third-order valence-corrected chi connectivity index (χ3v) is 6.54. The first-order chi connectivity index (χ1) is 18.8. The van der Waals surface area contributed by atoms with Crippen molar-refractivity contribution in [2.45, 2.75) is 72.7 Å². The van der Waals surface area contributed by atoms with Gasteiger partial charge in [-0.1, -0.05) is 50.2 Å². The Labute approximate surface area is 235 Å². The van der Waals surface area contributed by atoms with Gasteiger partial charge in [0.25, 0.3) is 5.56 Å². The molecule has 2 atom stereocenters. The van der Waals surface area contributed by atoms with Crippen molar-refractivity contribution >= 4 is 17.8 Å². The molecule has 2 aliphatic rings. The molecule has 3 rings (SSSR count). The highest BCUT2D eigenvalue weighted by Gasteiger charge is 2.31. The molecule has 220 valence electrons. The molecule has 0 saturated carbocycles. The smallest absolute Gasteiger partial charge is 0.354 e. The summed E-state index contributed by atoms with van der Waals surface area (Å²) in [4.78, 5) is 46.0. The molecule has 1 aromatic heterocycles. The number of nitrogens with zero attached hydrogens (tertiary/aromatic N) is 4. The van der Waals surface area contributed by atoms with Gasteiger partial charge in [0.15, 0.2) is 0 Å². The highest BCUT2D eigenvalue weighted by molar-refractivity contribution is 5.98. The summed E-state index contributed by atoms with van der Waals surface area (Å²) in [7, 11) is 3.01. The van der Waals surface area contributed by atoms with Gasteiger partial charge in [-0.05, 0) is 20.8 Å². The van der Waals surface area contributed by atoms with Crippen molar-refractivity contribution in [3.8, 4) is 0 Å². The quantitative estimate of drug-likeness (QED) is 0.260. The Morgan fingerprint density at radius 2 is 1.82 bits per heavy atom. The van der Waals surface area contributed by atoms with Crippen LogP contribution < -0.4 is 16.3 Å². The van der Waals surface area contributed by atoms with Gasteiger partial charge in [-0.25, -0.2) is 9.80 Å². The van der Waals surface area contributed by atoms with E-state index in [1.165, 1.54) is 17.8 Å². The van der Waals surface area contributed by atoms with Crippen LogP contribution in [0.1, 0.15) is 59.9 Å². The summed E-state index contributed by atoms with van der Waals surface area (Å²) in [5.41, 5.74) is -1.91. The van der Waals surface area contributed by atoms with Gasteiger partial charge in [-0.2, -0.15) is 4.68 Å². The minimum atomic E-state index is -0.844. The van der Waals surface area contributed by atoms with Gasteiger partial charge < -0.3 is 19.0 Å². The third-order valence-electron chi connectivity index (χ3n) is 6.54. The number of aromatic nitrogens is 2. The molecule has 0 N–H and O–H groups in total. The minimum absolute atomic E-state index is 0.0952. The number of oxime groups is 1. The molecule has 2 unspecified atom stereocenters. The van der Waals surface area contributed by atoms with E-state index in [0.29, 0.717) is 31.8 Å². The summed E-state index contributed by atoms with van der Waals surface area (Å²) in [6, 6.07) is 0. The largest absolute Gasteiger partial charge is 0.492 e. The molecular weight excluding hydrogens is 516 g/mol. The monoisotopic (exact) mass is 558 g/mol. The molecule has 1 aromatic rings. The fraction of sp³-hybridized carbons (Fsp3) is 0.586. The normalized spacial score (nSPS) is 20.6. The van der Waals surface area contributed by atoms with Crippen LogP contribution in [-0.4, -0.2) is 66.5 Å². The predicted octanol–water partition coefficient (Wildman–Crippen LogP) is 3.05. The van der Waals surface area contributed by atoms with Crippen LogP contribution in [0.15, 0.2) is 51.0 Å². The van der Waals surface area contributed by atoms with E-state index in [4.69, 9.17) is 19.0 Å². The van der Waals surface area contributed by atoms with E-state index in [-0.39, 0.29) is 35.5 Å². The van der Waals surface area contributed by atoms with Gasteiger partial charge in [-0.3, -0.25) is 14.2 Å². The van der Waals surface area contributed by atoms with Gasteiger partial charge in [0.2, 0.25) is 5.91 Å². The van der Waals surface area contributed by atoms with Crippen molar-refractivity contribution in [3.05, 3.63) is 62.7 Å². The van der Waals surface area contributed by atoms with Crippen molar-refractivity contribution in [1.82, 2.24) is 9.24 Å². The molecule has 11 heteroatoms. The molecule has 11 nitrogen and oxygen atoms in total. The number of rotatable bonds is 9. The predicted molar refractivity (Wildman–Crippen MR) is 154 cm³/mol. The fourth-order valence-corrected chi connectivity index (χ4v) is 4.36. The van der Waals surface area contributed by atoms with E-state index in [1.807, 2.05) is 38.2 Å². The van der Waals surface area contributed by atoms with Crippen LogP contribution in [0.25, 0.3) is 6.20 Å². The number of carbonyl (C=O) groups is 1. The second kappa shape index (κ2) is 13.3. The Morgan fingerprint density at radius 1 is 1.18 bits per heavy atom. The zero-order valence-electron chi connectivity index (χ0n) is 24.7. The van der Waals surface area contributed by atoms with Gasteiger partial charge in [0.05, 0.1) is 42.7 Å². The maximum absolute atomic E-state index is 13.8. The molecule has 40 heavy (non-hydrogen) atoms. The van der Waals surface area contributed by atoms with E-state index in [1.54, 1.807) is 41.0 Å². The lowest BCUT2D eigenvalue weighted by Gasteiger charge is -2.31. The molecule has 1 aliphatic carbocycles. The van der Waals surface area contributed by atoms with Gasteiger partial charge >= 0.3 is 5.69 Å². The number of hydrogen-bond donors (Lipinski definition) is 0. The average Bonchev–Trinajstić information content (AvgIpc) is 2.92. The molecule has 0 bridgehead atoms. The Morgan fingerprint density at radius 3 is 2.42 bits per heavy atom. The van der Waals surface area contributed by atoms with Gasteiger partial charge in [0, 0.05) is 38.6 Å². The Bertz CT molecular complexity index is 1290. The first kappa shape index (κ1) is 31.1. The summed E-state index contributed by atoms with van der Waals surface area (Å²) in [5, 5.41) is 5.14. The number of hydrogen-bond acceptors (Lipinski definition) is 8. The van der Waals surface area contributed by atoms with Crippen molar-refractivity contribution in [2.24, 2.45) is 16.5 Å². The van der Waals surface area contributed by atoms with Crippen molar-refractivity contribution in [1.29, 1.82) is 0 Å². The fourth-order valence-electron chi connectivity index (χ4n) is 4.36. The Kier molecular flexibility index (Phi) is 10.3. The van der Waals surface area contributed by atoms with Crippen LogP contribution in [-0.2, 0) is 23.8 Å². The number of methoxy groups -OCH3 is 1. The molecule has 0 spiro atoms. The van der Waals surface area contributed by atoms with Gasteiger partial charge in [0.1, 0.15) is 18.0 Å². The Balaban J connectivity index is 2.25. The first-order valence-corrected chi connectivity index (χ1v) is 13.6. The van der Waals surface area contributed by atoms with Crippen LogP contribution >= 0.6 is 0 Å². The molecule has 1 amide bonds. The second-order valence-electron chi connectivity index (χ2n) is 11.2. The van der Waals surface area contributed by atoms with E-state index >= 15 is 0 Å². The lowest BCUT2D eigenvalue weighted by molar-refractivity contribution is -0.127. The maximum atomic E-state index is 13.8. The topological polar surface area (TPSA) is 114 Å². The molecule has 1 saturated heterocycles. The average molecular weight is 559 g/mol. The molecule has 2 heterocycles. The van der Waals surface area contributed by atoms with Gasteiger partial charge in [-0.15, -0.1) is 0 Å². The van der Waals surface area contributed by atoms with Crippen LogP contribution in [0.4, 0.5) is 0 Å². The number of carbonyl (C=O) groups excluding carboxylic acids is 1. The molecule has 1 fully saturated rings. The highest BCUT2D eigenvalue weighted by atomic mass is 16.6. The van der Waals surface area contributed by atoms with Crippen LogP contribution in [0.2, 0.25) is 0 Å². The maximum Gasteiger partial charge on any atom is 0.354 e. The highest BCUT2D eigenvalue weighted by Crippen LogP contribution is 2.28. The van der Waals surface area contributed by atoms with E-state index < -0.39 is 22.6 Å². The second-order valence-corrected chi connectivity index (χ2v) is 11.2. The summed E-state index contributed by atoms with van der Waals surface area (Å²) in [5.74, 6) is -0.261. The lowest BCUT2D eigenvalue weighted by Crippen LogP contribution is -2.56. The zero-order valence-corrected chi connectivity index (χ0v) is 24.7. The summed E-state index contributed by atoms with van der Waals surface area (Å²) < 4.78 is 19.7. The summed E-state index contributed by atoms with van der Waals surface area (Å²) >= 11 is 0. The summed E-state index contributed by atoms with van der Waals surface area (Å²) in [6.45, 7) is 11.5. The SMILES string of the molecule is COC1C=CC=CC1/C(=C/n1cc(/C(C)=N/OC(C)C)c(=O)n(N(C)C(=O)C(C)(C)C)c1=O)OC1CCOCC1. The minimum Gasteiger partial charge on any atom is -0.492 e.